The van der Waals surface area contributed by atoms with Gasteiger partial charge in [-0.25, -0.2) is 0 Å². The average Bonchev–Trinajstić information content (AvgIpc) is 3.48. The predicted octanol–water partition coefficient (Wildman–Crippen LogP) is 2.25. The Morgan fingerprint density at radius 1 is 1.08 bits per heavy atom. The van der Waals surface area contributed by atoms with Gasteiger partial charge in [-0.3, -0.25) is 24.6 Å². The summed E-state index contributed by atoms with van der Waals surface area (Å²) >= 11 is 0. The van der Waals surface area contributed by atoms with E-state index < -0.39 is 4.92 Å². The van der Waals surface area contributed by atoms with E-state index in [-0.39, 0.29) is 29.5 Å². The van der Waals surface area contributed by atoms with Crippen molar-refractivity contribution in [3.8, 4) is 5.75 Å². The normalized spacial score (nSPS) is 21.0. The number of nitro benzene ring substituents is 1. The highest BCUT2D eigenvalue weighted by molar-refractivity contribution is 5.82. The van der Waals surface area contributed by atoms with Crippen molar-refractivity contribution in [3.63, 3.8) is 0 Å². The second-order valence-corrected chi connectivity index (χ2v) is 10.4. The molecule has 0 saturated carbocycles. The van der Waals surface area contributed by atoms with Crippen molar-refractivity contribution in [2.45, 2.75) is 31.7 Å². The van der Waals surface area contributed by atoms with Crippen molar-refractivity contribution in [3.05, 3.63) is 63.7 Å². The number of nitro groups is 1. The fourth-order valence-corrected chi connectivity index (χ4v) is 5.94. The molecule has 2 aromatic carbocycles. The maximum absolute atomic E-state index is 13.5. The molecule has 202 valence electrons. The lowest BCUT2D eigenvalue weighted by molar-refractivity contribution is -0.384. The number of amides is 2. The van der Waals surface area contributed by atoms with Crippen LogP contribution in [0.2, 0.25) is 0 Å². The number of benzene rings is 2. The number of carbonyl (C=O) groups excluding carboxylic acids is 2. The van der Waals surface area contributed by atoms with Crippen LogP contribution >= 0.6 is 0 Å². The molecule has 0 aromatic heterocycles. The van der Waals surface area contributed by atoms with Gasteiger partial charge in [-0.15, -0.1) is 0 Å². The molecule has 10 heteroatoms. The van der Waals surface area contributed by atoms with E-state index in [0.29, 0.717) is 45.6 Å². The molecule has 5 rings (SSSR count). The van der Waals surface area contributed by atoms with Crippen LogP contribution in [0, 0.1) is 16.0 Å². The first-order valence-electron chi connectivity index (χ1n) is 13.4. The largest absolute Gasteiger partial charge is 0.497 e. The standard InChI is InChI=1S/C28H35N5O5/c1-38-23-7-4-20(5-8-23)10-11-29-28(35)24-17-21-16-22(33(36)37)6-9-25(21)32-15-14-30(18-26(24)32)19-27(34)31-12-2-3-13-31/h4-9,16,24,26H,2-3,10-15,17-19H2,1H3,(H,29,35)/t24-,26+/m0/s1. The summed E-state index contributed by atoms with van der Waals surface area (Å²) in [7, 11) is 1.63. The van der Waals surface area contributed by atoms with Crippen LogP contribution in [0.5, 0.6) is 5.75 Å². The van der Waals surface area contributed by atoms with Gasteiger partial charge in [0, 0.05) is 57.1 Å². The Hall–Kier alpha value is -3.66. The van der Waals surface area contributed by atoms with Crippen molar-refractivity contribution in [2.75, 3.05) is 57.8 Å². The van der Waals surface area contributed by atoms with Gasteiger partial charge in [-0.05, 0) is 55.0 Å². The number of carbonyl (C=O) groups is 2. The van der Waals surface area contributed by atoms with Gasteiger partial charge in [-0.2, -0.15) is 0 Å². The third-order valence-electron chi connectivity index (χ3n) is 8.02. The molecule has 0 radical (unpaired) electrons. The Morgan fingerprint density at radius 2 is 1.84 bits per heavy atom. The maximum Gasteiger partial charge on any atom is 0.269 e. The molecule has 38 heavy (non-hydrogen) atoms. The summed E-state index contributed by atoms with van der Waals surface area (Å²) in [5.74, 6) is 0.518. The van der Waals surface area contributed by atoms with E-state index in [2.05, 4.69) is 15.1 Å². The van der Waals surface area contributed by atoms with Crippen molar-refractivity contribution in [1.82, 2.24) is 15.1 Å². The Labute approximate surface area is 222 Å². The van der Waals surface area contributed by atoms with Gasteiger partial charge >= 0.3 is 0 Å². The number of nitrogens with zero attached hydrogens (tertiary/aromatic N) is 4. The number of piperazine rings is 1. The zero-order chi connectivity index (χ0) is 26.6. The van der Waals surface area contributed by atoms with Crippen molar-refractivity contribution in [2.24, 2.45) is 5.92 Å². The summed E-state index contributed by atoms with van der Waals surface area (Å²) in [6.07, 6.45) is 3.24. The van der Waals surface area contributed by atoms with Crippen LogP contribution in [0.1, 0.15) is 24.0 Å². The first-order chi connectivity index (χ1) is 18.4. The fraction of sp³-hybridized carbons (Fsp3) is 0.500. The first kappa shape index (κ1) is 26.0. The molecule has 2 atom stereocenters. The molecular formula is C28H35N5O5. The number of hydrogen-bond donors (Lipinski definition) is 1. The van der Waals surface area contributed by atoms with Crippen LogP contribution in [-0.2, 0) is 22.4 Å². The molecule has 3 aliphatic heterocycles. The van der Waals surface area contributed by atoms with E-state index in [9.17, 15) is 19.7 Å². The molecule has 2 amide bonds. The fourth-order valence-electron chi connectivity index (χ4n) is 5.94. The number of hydrogen-bond acceptors (Lipinski definition) is 7. The van der Waals surface area contributed by atoms with Gasteiger partial charge in [0.05, 0.1) is 30.5 Å². The van der Waals surface area contributed by atoms with E-state index in [0.717, 1.165) is 48.5 Å². The number of nitrogens with one attached hydrogen (secondary N) is 1. The van der Waals surface area contributed by atoms with Gasteiger partial charge in [0.15, 0.2) is 0 Å². The van der Waals surface area contributed by atoms with E-state index in [1.807, 2.05) is 35.2 Å². The van der Waals surface area contributed by atoms with Gasteiger partial charge in [0.2, 0.25) is 11.8 Å². The minimum absolute atomic E-state index is 0.0377. The minimum Gasteiger partial charge on any atom is -0.497 e. The summed E-state index contributed by atoms with van der Waals surface area (Å²) in [6, 6.07) is 12.6. The average molecular weight is 522 g/mol. The van der Waals surface area contributed by atoms with Crippen LogP contribution < -0.4 is 15.0 Å². The molecule has 1 N–H and O–H groups in total. The Kier molecular flexibility index (Phi) is 7.78. The lowest BCUT2D eigenvalue weighted by Gasteiger charge is -2.49. The topological polar surface area (TPSA) is 108 Å². The van der Waals surface area contributed by atoms with Crippen LogP contribution in [0.3, 0.4) is 0 Å². The Morgan fingerprint density at radius 3 is 2.55 bits per heavy atom. The number of fused-ring (bicyclic) bond motifs is 3. The van der Waals surface area contributed by atoms with Crippen molar-refractivity contribution >= 4 is 23.2 Å². The molecular weight excluding hydrogens is 486 g/mol. The molecule has 2 saturated heterocycles. The zero-order valence-corrected chi connectivity index (χ0v) is 21.8. The monoisotopic (exact) mass is 521 g/mol. The number of anilines is 1. The summed E-state index contributed by atoms with van der Waals surface area (Å²) in [4.78, 5) is 43.7. The third kappa shape index (κ3) is 5.60. The molecule has 0 spiro atoms. The maximum atomic E-state index is 13.5. The molecule has 10 nitrogen and oxygen atoms in total. The molecule has 2 aromatic rings. The molecule has 0 bridgehead atoms. The molecule has 2 fully saturated rings. The molecule has 3 heterocycles. The lowest BCUT2D eigenvalue weighted by Crippen LogP contribution is -2.62. The highest BCUT2D eigenvalue weighted by atomic mass is 16.6. The van der Waals surface area contributed by atoms with Crippen LogP contribution in [0.4, 0.5) is 11.4 Å². The first-order valence-corrected chi connectivity index (χ1v) is 13.4. The van der Waals surface area contributed by atoms with E-state index in [1.165, 1.54) is 6.07 Å². The number of non-ortho nitro benzene ring substituents is 1. The van der Waals surface area contributed by atoms with E-state index in [1.54, 1.807) is 13.2 Å². The highest BCUT2D eigenvalue weighted by Gasteiger charge is 2.42. The van der Waals surface area contributed by atoms with E-state index in [4.69, 9.17) is 4.74 Å². The Bertz CT molecular complexity index is 1180. The summed E-state index contributed by atoms with van der Waals surface area (Å²) in [5, 5.41) is 14.5. The van der Waals surface area contributed by atoms with Crippen LogP contribution in [0.25, 0.3) is 0 Å². The number of ether oxygens (including phenoxy) is 1. The lowest BCUT2D eigenvalue weighted by atomic mass is 9.83. The summed E-state index contributed by atoms with van der Waals surface area (Å²) < 4.78 is 5.21. The van der Waals surface area contributed by atoms with Crippen LogP contribution in [-0.4, -0.2) is 85.5 Å². The van der Waals surface area contributed by atoms with Gasteiger partial charge in [0.25, 0.3) is 5.69 Å². The van der Waals surface area contributed by atoms with Crippen molar-refractivity contribution < 1.29 is 19.2 Å². The van der Waals surface area contributed by atoms with Gasteiger partial charge in [0.1, 0.15) is 5.75 Å². The predicted molar refractivity (Wildman–Crippen MR) is 143 cm³/mol. The van der Waals surface area contributed by atoms with Gasteiger partial charge < -0.3 is 19.9 Å². The molecule has 0 aliphatic carbocycles. The third-order valence-corrected chi connectivity index (χ3v) is 8.02. The van der Waals surface area contributed by atoms with E-state index >= 15 is 0 Å². The quantitative estimate of drug-likeness (QED) is 0.419. The zero-order valence-electron chi connectivity index (χ0n) is 21.8. The van der Waals surface area contributed by atoms with Gasteiger partial charge in [-0.1, -0.05) is 12.1 Å². The molecule has 3 aliphatic rings. The SMILES string of the molecule is COc1ccc(CCNC(=O)[C@H]2Cc3cc([N+](=O)[O-])ccc3N3CCN(CC(=O)N4CCCC4)C[C@H]23)cc1. The minimum atomic E-state index is -0.391. The summed E-state index contributed by atoms with van der Waals surface area (Å²) in [6.45, 7) is 4.49. The number of rotatable bonds is 8. The number of methoxy groups -OCH3 is 1. The number of likely N-dealkylation sites (tertiary alicyclic amines) is 1. The smallest absolute Gasteiger partial charge is 0.269 e. The van der Waals surface area contributed by atoms with Crippen LogP contribution in [0.15, 0.2) is 42.5 Å². The van der Waals surface area contributed by atoms with Crippen molar-refractivity contribution in [1.29, 1.82) is 0 Å². The second-order valence-electron chi connectivity index (χ2n) is 10.4. The molecule has 0 unspecified atom stereocenters. The summed E-state index contributed by atoms with van der Waals surface area (Å²) in [5.41, 5.74) is 2.91. The Balaban J connectivity index is 1.30. The highest BCUT2D eigenvalue weighted by Crippen LogP contribution is 2.38. The second kappa shape index (κ2) is 11.4.